The van der Waals surface area contributed by atoms with Crippen LogP contribution >= 0.6 is 11.3 Å². The van der Waals surface area contributed by atoms with E-state index < -0.39 is 0 Å². The van der Waals surface area contributed by atoms with Crippen LogP contribution in [0.3, 0.4) is 0 Å². The Morgan fingerprint density at radius 2 is 2.18 bits per heavy atom. The van der Waals surface area contributed by atoms with Crippen molar-refractivity contribution in [3.05, 3.63) is 45.1 Å². The van der Waals surface area contributed by atoms with Gasteiger partial charge in [-0.15, -0.1) is 11.3 Å². The first-order valence-electron chi connectivity index (χ1n) is 9.99. The minimum absolute atomic E-state index is 0.117. The number of carbonyl (C=O) groups excluding carboxylic acids is 1. The minimum Gasteiger partial charge on any atom is -0.422 e. The monoisotopic (exact) mass is 398 g/mol. The molecule has 1 amide bonds. The number of aryl methyl sites for hydroxylation is 1. The van der Waals surface area contributed by atoms with E-state index >= 15 is 0 Å². The summed E-state index contributed by atoms with van der Waals surface area (Å²) in [5.41, 5.74) is 1.27. The van der Waals surface area contributed by atoms with Gasteiger partial charge in [0.2, 0.25) is 0 Å². The van der Waals surface area contributed by atoms with E-state index in [0.29, 0.717) is 22.4 Å². The number of rotatable bonds is 5. The molecule has 0 bridgehead atoms. The normalized spacial score (nSPS) is 18.0. The SMILES string of the molecule is Cc1ccc2oc(=O)c3cc(C(=O)NCCCN4CCC[C@H](C)C4)sc3c2c1. The largest absolute Gasteiger partial charge is 0.422 e. The van der Waals surface area contributed by atoms with Crippen molar-refractivity contribution in [2.24, 2.45) is 5.92 Å². The van der Waals surface area contributed by atoms with Gasteiger partial charge in [0.25, 0.3) is 5.91 Å². The number of thiophene rings is 1. The van der Waals surface area contributed by atoms with Crippen molar-refractivity contribution < 1.29 is 9.21 Å². The Morgan fingerprint density at radius 3 is 3.00 bits per heavy atom. The minimum atomic E-state index is -0.388. The van der Waals surface area contributed by atoms with Crippen LogP contribution in [-0.4, -0.2) is 37.0 Å². The number of hydrogen-bond donors (Lipinski definition) is 1. The summed E-state index contributed by atoms with van der Waals surface area (Å²) in [6.07, 6.45) is 3.53. The highest BCUT2D eigenvalue weighted by Gasteiger charge is 2.17. The highest BCUT2D eigenvalue weighted by Crippen LogP contribution is 2.31. The van der Waals surface area contributed by atoms with Crippen molar-refractivity contribution in [1.29, 1.82) is 0 Å². The van der Waals surface area contributed by atoms with E-state index in [-0.39, 0.29) is 11.5 Å². The molecular weight excluding hydrogens is 372 g/mol. The van der Waals surface area contributed by atoms with Crippen LogP contribution in [0, 0.1) is 12.8 Å². The lowest BCUT2D eigenvalue weighted by molar-refractivity contribution is 0.0954. The predicted octanol–water partition coefficient (Wildman–Crippen LogP) is 4.17. The number of likely N-dealkylation sites (tertiary alicyclic amines) is 1. The standard InChI is InChI=1S/C22H26N2O3S/c1-14-6-7-18-16(11-14)20-17(22(26)27-18)12-19(28-20)21(25)23-8-4-10-24-9-3-5-15(2)13-24/h6-7,11-12,15H,3-5,8-10,13H2,1-2H3,(H,23,25)/t15-/m0/s1. The zero-order chi connectivity index (χ0) is 19.7. The van der Waals surface area contributed by atoms with Crippen LogP contribution in [0.1, 0.15) is 41.4 Å². The molecule has 0 aliphatic carbocycles. The molecule has 6 heteroatoms. The number of amides is 1. The molecule has 0 saturated carbocycles. The molecule has 1 saturated heterocycles. The van der Waals surface area contributed by atoms with Crippen LogP contribution in [0.2, 0.25) is 0 Å². The van der Waals surface area contributed by atoms with Crippen molar-refractivity contribution in [3.63, 3.8) is 0 Å². The fraction of sp³-hybridized carbons (Fsp3) is 0.455. The van der Waals surface area contributed by atoms with Crippen molar-refractivity contribution in [1.82, 2.24) is 10.2 Å². The second-order valence-electron chi connectivity index (χ2n) is 7.90. The molecule has 28 heavy (non-hydrogen) atoms. The first kappa shape index (κ1) is 19.2. The van der Waals surface area contributed by atoms with E-state index in [2.05, 4.69) is 17.1 Å². The summed E-state index contributed by atoms with van der Waals surface area (Å²) >= 11 is 1.36. The number of nitrogens with zero attached hydrogens (tertiary/aromatic N) is 1. The topological polar surface area (TPSA) is 62.6 Å². The lowest BCUT2D eigenvalue weighted by Crippen LogP contribution is -2.36. The predicted molar refractivity (Wildman–Crippen MR) is 114 cm³/mol. The van der Waals surface area contributed by atoms with Gasteiger partial charge in [-0.05, 0) is 63.4 Å². The fourth-order valence-electron chi connectivity index (χ4n) is 4.00. The maximum Gasteiger partial charge on any atom is 0.345 e. The van der Waals surface area contributed by atoms with Crippen molar-refractivity contribution >= 4 is 38.3 Å². The Bertz CT molecular complexity index is 1070. The van der Waals surface area contributed by atoms with Gasteiger partial charge in [-0.2, -0.15) is 0 Å². The summed E-state index contributed by atoms with van der Waals surface area (Å²) in [6.45, 7) is 8.29. The van der Waals surface area contributed by atoms with Crippen molar-refractivity contribution in [2.75, 3.05) is 26.2 Å². The molecule has 0 unspecified atom stereocenters. The van der Waals surface area contributed by atoms with Crippen LogP contribution < -0.4 is 10.9 Å². The van der Waals surface area contributed by atoms with E-state index in [4.69, 9.17) is 4.42 Å². The Labute approximate surface area is 168 Å². The molecule has 1 aliphatic heterocycles. The first-order chi connectivity index (χ1) is 13.5. The first-order valence-corrected chi connectivity index (χ1v) is 10.8. The third-order valence-corrected chi connectivity index (χ3v) is 6.60. The van der Waals surface area contributed by atoms with Crippen LogP contribution in [-0.2, 0) is 0 Å². The van der Waals surface area contributed by atoms with Gasteiger partial charge in [0, 0.05) is 18.5 Å². The third kappa shape index (κ3) is 3.98. The highest BCUT2D eigenvalue weighted by molar-refractivity contribution is 7.21. The lowest BCUT2D eigenvalue weighted by atomic mass is 10.0. The van der Waals surface area contributed by atoms with E-state index in [1.165, 1.54) is 24.2 Å². The lowest BCUT2D eigenvalue weighted by Gasteiger charge is -2.30. The zero-order valence-electron chi connectivity index (χ0n) is 16.4. The molecule has 148 valence electrons. The Kier molecular flexibility index (Phi) is 5.51. The molecule has 3 heterocycles. The molecule has 5 nitrogen and oxygen atoms in total. The molecule has 0 radical (unpaired) electrons. The number of benzene rings is 1. The van der Waals surface area contributed by atoms with E-state index in [9.17, 15) is 9.59 Å². The average molecular weight is 399 g/mol. The number of piperidine rings is 1. The van der Waals surface area contributed by atoms with E-state index in [0.717, 1.165) is 47.6 Å². The number of carbonyl (C=O) groups is 1. The molecule has 0 spiro atoms. The van der Waals surface area contributed by atoms with Crippen LogP contribution in [0.5, 0.6) is 0 Å². The van der Waals surface area contributed by atoms with Gasteiger partial charge in [-0.25, -0.2) is 4.79 Å². The Balaban J connectivity index is 1.44. The molecule has 1 aliphatic rings. The molecule has 1 atom stereocenters. The summed E-state index contributed by atoms with van der Waals surface area (Å²) in [5, 5.41) is 4.37. The summed E-state index contributed by atoms with van der Waals surface area (Å²) in [7, 11) is 0. The van der Waals surface area contributed by atoms with Crippen LogP contribution in [0.25, 0.3) is 21.1 Å². The molecule has 2 aromatic heterocycles. The van der Waals surface area contributed by atoms with Crippen molar-refractivity contribution in [2.45, 2.75) is 33.1 Å². The molecular formula is C22H26N2O3S. The second kappa shape index (κ2) is 8.05. The van der Waals surface area contributed by atoms with Gasteiger partial charge in [0.1, 0.15) is 5.58 Å². The van der Waals surface area contributed by atoms with Gasteiger partial charge < -0.3 is 14.6 Å². The van der Waals surface area contributed by atoms with Gasteiger partial charge in [-0.1, -0.05) is 18.6 Å². The maximum atomic E-state index is 12.6. The number of hydrogen-bond acceptors (Lipinski definition) is 5. The van der Waals surface area contributed by atoms with Crippen LogP contribution in [0.4, 0.5) is 0 Å². The Hall–Kier alpha value is -2.18. The highest BCUT2D eigenvalue weighted by atomic mass is 32.1. The van der Waals surface area contributed by atoms with E-state index in [1.807, 2.05) is 25.1 Å². The summed E-state index contributed by atoms with van der Waals surface area (Å²) in [4.78, 5) is 27.9. The van der Waals surface area contributed by atoms with Gasteiger partial charge in [0.05, 0.1) is 15.0 Å². The summed E-state index contributed by atoms with van der Waals surface area (Å²) < 4.78 is 6.23. The zero-order valence-corrected chi connectivity index (χ0v) is 17.2. The second-order valence-corrected chi connectivity index (χ2v) is 8.95. The molecule has 1 aromatic carbocycles. The number of nitrogens with one attached hydrogen (secondary N) is 1. The maximum absolute atomic E-state index is 12.6. The van der Waals surface area contributed by atoms with Gasteiger partial charge >= 0.3 is 5.63 Å². The quantitative estimate of drug-likeness (QED) is 0.518. The van der Waals surface area contributed by atoms with Crippen molar-refractivity contribution in [3.8, 4) is 0 Å². The summed E-state index contributed by atoms with van der Waals surface area (Å²) in [5.74, 6) is 0.653. The summed E-state index contributed by atoms with van der Waals surface area (Å²) in [6, 6.07) is 7.39. The molecule has 1 fully saturated rings. The van der Waals surface area contributed by atoms with Crippen LogP contribution in [0.15, 0.2) is 33.5 Å². The molecule has 4 rings (SSSR count). The third-order valence-electron chi connectivity index (χ3n) is 5.44. The van der Waals surface area contributed by atoms with E-state index in [1.54, 1.807) is 6.07 Å². The fourth-order valence-corrected chi connectivity index (χ4v) is 5.08. The molecule has 3 aromatic rings. The smallest absolute Gasteiger partial charge is 0.345 e. The number of fused-ring (bicyclic) bond motifs is 3. The molecule has 1 N–H and O–H groups in total. The van der Waals surface area contributed by atoms with Gasteiger partial charge in [-0.3, -0.25) is 4.79 Å². The Morgan fingerprint density at radius 1 is 1.32 bits per heavy atom. The van der Waals surface area contributed by atoms with Gasteiger partial charge in [0.15, 0.2) is 0 Å². The average Bonchev–Trinajstić information content (AvgIpc) is 3.12.